The molecule has 1 spiro atoms. The van der Waals surface area contributed by atoms with Gasteiger partial charge in [0.2, 0.25) is 11.8 Å². The lowest BCUT2D eigenvalue weighted by atomic mass is 9.92. The molecule has 2 aliphatic rings. The van der Waals surface area contributed by atoms with E-state index in [2.05, 4.69) is 14.7 Å². The molecule has 218 valence electrons. The molecule has 1 amide bonds. The number of aromatic nitrogens is 2. The molecule has 10 nitrogen and oxygen atoms in total. The molecular weight excluding hydrogens is 554 g/mol. The number of nitrogens with one attached hydrogen (secondary N) is 1. The van der Waals surface area contributed by atoms with Crippen LogP contribution in [0, 0.1) is 0 Å². The van der Waals surface area contributed by atoms with E-state index < -0.39 is 15.4 Å². The zero-order valence-corrected chi connectivity index (χ0v) is 24.9. The van der Waals surface area contributed by atoms with Crippen LogP contribution in [-0.2, 0) is 20.2 Å². The van der Waals surface area contributed by atoms with Gasteiger partial charge in [-0.05, 0) is 57.6 Å². The molecule has 1 aliphatic carbocycles. The lowest BCUT2D eigenvalue weighted by Gasteiger charge is -2.17. The largest absolute Gasteiger partial charge is 0.496 e. The molecular formula is C31H33N5O5S. The van der Waals surface area contributed by atoms with Gasteiger partial charge in [0, 0.05) is 47.9 Å². The first-order chi connectivity index (χ1) is 20.1. The Morgan fingerprint density at radius 3 is 2.52 bits per heavy atom. The van der Waals surface area contributed by atoms with E-state index in [9.17, 15) is 13.2 Å². The van der Waals surface area contributed by atoms with E-state index in [0.717, 1.165) is 48.0 Å². The molecule has 0 bridgehead atoms. The smallest absolute Gasteiger partial charge is 0.262 e. The molecule has 2 aromatic heterocycles. The number of ether oxygens (including phenoxy) is 2. The van der Waals surface area contributed by atoms with Gasteiger partial charge in [0.25, 0.3) is 10.0 Å². The Labute approximate surface area is 245 Å². The van der Waals surface area contributed by atoms with Gasteiger partial charge in [-0.25, -0.2) is 13.4 Å². The molecule has 0 saturated heterocycles. The summed E-state index contributed by atoms with van der Waals surface area (Å²) in [6, 6.07) is 13.7. The van der Waals surface area contributed by atoms with Gasteiger partial charge in [0.15, 0.2) is 0 Å². The molecule has 0 atom stereocenters. The molecule has 6 rings (SSSR count). The first-order valence-corrected chi connectivity index (χ1v) is 15.3. The molecule has 42 heavy (non-hydrogen) atoms. The molecule has 0 radical (unpaired) electrons. The number of methoxy groups -OCH3 is 1. The van der Waals surface area contributed by atoms with Crippen LogP contribution in [0.25, 0.3) is 22.0 Å². The van der Waals surface area contributed by atoms with Crippen LogP contribution in [0.2, 0.25) is 0 Å². The minimum atomic E-state index is -3.92. The van der Waals surface area contributed by atoms with Crippen molar-refractivity contribution >= 4 is 38.2 Å². The molecule has 1 aliphatic heterocycles. The van der Waals surface area contributed by atoms with Crippen LogP contribution in [0.3, 0.4) is 0 Å². The minimum absolute atomic E-state index is 0.0965. The number of rotatable bonds is 10. The number of benzene rings is 2. The maximum atomic E-state index is 13.3. The number of carbonyl (C=O) groups is 1. The number of likely N-dealkylation sites (N-methyl/N-ethyl adjacent to an activating group) is 1. The highest BCUT2D eigenvalue weighted by molar-refractivity contribution is 7.92. The molecule has 4 aromatic rings. The second-order valence-corrected chi connectivity index (χ2v) is 12.7. The van der Waals surface area contributed by atoms with Crippen LogP contribution in [0.4, 0.5) is 11.4 Å². The van der Waals surface area contributed by atoms with E-state index in [0.29, 0.717) is 23.5 Å². The Morgan fingerprint density at radius 1 is 1.07 bits per heavy atom. The number of pyridine rings is 2. The van der Waals surface area contributed by atoms with Crippen molar-refractivity contribution in [1.82, 2.24) is 14.9 Å². The monoisotopic (exact) mass is 587 g/mol. The standard InChI is InChI=1S/C31H33N5O5S/c1-35(2)13-8-14-41-29-25(34-42(38,39)21-9-6-5-7-10-21)15-20(18-33-29)22-16-23-24(17-27(22)40-4)32-19-26-28(23)31(11-12-31)30(37)36(26)3/h5-7,9-10,15-19,34H,8,11-14H2,1-4H3. The Kier molecular flexibility index (Phi) is 7.02. The van der Waals surface area contributed by atoms with E-state index in [1.807, 2.05) is 31.1 Å². The summed E-state index contributed by atoms with van der Waals surface area (Å²) in [6.45, 7) is 1.18. The average Bonchev–Trinajstić information content (AvgIpc) is 3.76. The summed E-state index contributed by atoms with van der Waals surface area (Å²) in [7, 11) is 3.41. The van der Waals surface area contributed by atoms with E-state index in [1.54, 1.807) is 55.7 Å². The SMILES string of the molecule is COc1cc2ncc3c(c2cc1-c1cnc(OCCCN(C)C)c(NS(=O)(=O)c2ccccc2)c1)C1(CC1)C(=O)N3C. The number of fused-ring (bicyclic) bond motifs is 4. The van der Waals surface area contributed by atoms with Gasteiger partial charge in [0.05, 0.1) is 41.4 Å². The summed E-state index contributed by atoms with van der Waals surface area (Å²) < 4.78 is 41.0. The molecule has 2 aromatic carbocycles. The summed E-state index contributed by atoms with van der Waals surface area (Å²) in [5.41, 5.74) is 3.57. The molecule has 1 fully saturated rings. The Morgan fingerprint density at radius 2 is 1.83 bits per heavy atom. The normalized spacial score (nSPS) is 15.4. The van der Waals surface area contributed by atoms with Gasteiger partial charge >= 0.3 is 0 Å². The number of carbonyl (C=O) groups excluding carboxylic acids is 1. The summed E-state index contributed by atoms with van der Waals surface area (Å²) in [6.07, 6.45) is 5.74. The summed E-state index contributed by atoms with van der Waals surface area (Å²) in [4.78, 5) is 26.2. The summed E-state index contributed by atoms with van der Waals surface area (Å²) in [5.74, 6) is 0.832. The van der Waals surface area contributed by atoms with Crippen LogP contribution in [0.1, 0.15) is 24.8 Å². The molecule has 11 heteroatoms. The highest BCUT2D eigenvalue weighted by Crippen LogP contribution is 2.59. The van der Waals surface area contributed by atoms with Gasteiger partial charge in [-0.3, -0.25) is 14.5 Å². The number of nitrogens with zero attached hydrogens (tertiary/aromatic N) is 4. The fourth-order valence-electron chi connectivity index (χ4n) is 5.63. The number of anilines is 2. The number of amides is 1. The number of sulfonamides is 1. The first kappa shape index (κ1) is 27.9. The Balaban J connectivity index is 1.45. The summed E-state index contributed by atoms with van der Waals surface area (Å²) >= 11 is 0. The van der Waals surface area contributed by atoms with Crippen LogP contribution in [-0.4, -0.2) is 70.6 Å². The average molecular weight is 588 g/mol. The maximum Gasteiger partial charge on any atom is 0.262 e. The van der Waals surface area contributed by atoms with Gasteiger partial charge in [-0.15, -0.1) is 0 Å². The van der Waals surface area contributed by atoms with E-state index >= 15 is 0 Å². The zero-order valence-electron chi connectivity index (χ0n) is 24.0. The molecule has 1 saturated carbocycles. The third-order valence-electron chi connectivity index (χ3n) is 7.92. The predicted octanol–water partition coefficient (Wildman–Crippen LogP) is 4.44. The van der Waals surface area contributed by atoms with Crippen molar-refractivity contribution in [3.63, 3.8) is 0 Å². The minimum Gasteiger partial charge on any atom is -0.496 e. The fraction of sp³-hybridized carbons (Fsp3) is 0.323. The second-order valence-electron chi connectivity index (χ2n) is 11.0. The fourth-order valence-corrected chi connectivity index (χ4v) is 6.70. The Bertz CT molecular complexity index is 1790. The predicted molar refractivity (Wildman–Crippen MR) is 162 cm³/mol. The lowest BCUT2D eigenvalue weighted by molar-refractivity contribution is -0.119. The number of hydrogen-bond acceptors (Lipinski definition) is 8. The van der Waals surface area contributed by atoms with Crippen molar-refractivity contribution in [2.24, 2.45) is 0 Å². The van der Waals surface area contributed by atoms with E-state index in [4.69, 9.17) is 9.47 Å². The van der Waals surface area contributed by atoms with Gasteiger partial charge in [0.1, 0.15) is 11.4 Å². The third-order valence-corrected chi connectivity index (χ3v) is 9.30. The van der Waals surface area contributed by atoms with Crippen molar-refractivity contribution in [2.45, 2.75) is 29.6 Å². The quantitative estimate of drug-likeness (QED) is 0.271. The highest BCUT2D eigenvalue weighted by atomic mass is 32.2. The van der Waals surface area contributed by atoms with Crippen molar-refractivity contribution in [3.05, 3.63) is 66.5 Å². The van der Waals surface area contributed by atoms with Crippen LogP contribution in [0.15, 0.2) is 65.8 Å². The number of hydrogen-bond donors (Lipinski definition) is 1. The first-order valence-electron chi connectivity index (χ1n) is 13.8. The maximum absolute atomic E-state index is 13.3. The highest BCUT2D eigenvalue weighted by Gasteiger charge is 2.59. The lowest BCUT2D eigenvalue weighted by Crippen LogP contribution is -2.28. The second kappa shape index (κ2) is 10.6. The molecule has 1 N–H and O–H groups in total. The van der Waals surface area contributed by atoms with Crippen molar-refractivity contribution in [1.29, 1.82) is 0 Å². The van der Waals surface area contributed by atoms with Crippen LogP contribution < -0.4 is 19.1 Å². The van der Waals surface area contributed by atoms with Gasteiger partial charge < -0.3 is 19.3 Å². The van der Waals surface area contributed by atoms with Crippen molar-refractivity contribution in [3.8, 4) is 22.8 Å². The molecule has 3 heterocycles. The van der Waals surface area contributed by atoms with Gasteiger partial charge in [-0.2, -0.15) is 0 Å². The Hall–Kier alpha value is -4.22. The van der Waals surface area contributed by atoms with E-state index in [-0.39, 0.29) is 22.4 Å². The topological polar surface area (TPSA) is 114 Å². The van der Waals surface area contributed by atoms with Crippen molar-refractivity contribution in [2.75, 3.05) is 51.0 Å². The van der Waals surface area contributed by atoms with Crippen LogP contribution >= 0.6 is 0 Å². The molecule has 0 unspecified atom stereocenters. The van der Waals surface area contributed by atoms with E-state index in [1.165, 1.54) is 12.1 Å². The third kappa shape index (κ3) is 4.82. The van der Waals surface area contributed by atoms with Gasteiger partial charge in [-0.1, -0.05) is 18.2 Å². The van der Waals surface area contributed by atoms with Crippen molar-refractivity contribution < 1.29 is 22.7 Å². The zero-order chi connectivity index (χ0) is 29.6. The summed E-state index contributed by atoms with van der Waals surface area (Å²) in [5, 5.41) is 0.869. The van der Waals surface area contributed by atoms with Crippen LogP contribution in [0.5, 0.6) is 11.6 Å².